The van der Waals surface area contributed by atoms with Gasteiger partial charge in [0, 0.05) is 32.2 Å². The van der Waals surface area contributed by atoms with E-state index in [9.17, 15) is 8.78 Å². The molecule has 0 amide bonds. The van der Waals surface area contributed by atoms with Crippen LogP contribution in [0.2, 0.25) is 0 Å². The van der Waals surface area contributed by atoms with Crippen LogP contribution in [0.4, 0.5) is 8.78 Å². The van der Waals surface area contributed by atoms with Crippen LogP contribution in [0, 0.1) is 0 Å². The fraction of sp³-hybridized carbons (Fsp3) is 0.929. The number of guanidine groups is 1. The number of thioether (sulfide) groups is 1. The van der Waals surface area contributed by atoms with Crippen molar-refractivity contribution in [3.8, 4) is 0 Å². The second kappa shape index (κ2) is 13.6. The first kappa shape index (κ1) is 22.2. The summed E-state index contributed by atoms with van der Waals surface area (Å²) in [6.45, 7) is 5.06. The van der Waals surface area contributed by atoms with Crippen molar-refractivity contribution >= 4 is 41.7 Å². The van der Waals surface area contributed by atoms with Crippen LogP contribution < -0.4 is 10.6 Å². The van der Waals surface area contributed by atoms with Gasteiger partial charge in [-0.2, -0.15) is 11.8 Å². The summed E-state index contributed by atoms with van der Waals surface area (Å²) >= 11 is 1.83. The van der Waals surface area contributed by atoms with E-state index in [0.29, 0.717) is 6.04 Å². The van der Waals surface area contributed by atoms with E-state index in [1.165, 1.54) is 0 Å². The molecular formula is C14H29F2IN4S. The molecule has 1 aliphatic rings. The van der Waals surface area contributed by atoms with E-state index in [1.807, 2.05) is 23.6 Å². The molecule has 4 nitrogen and oxygen atoms in total. The van der Waals surface area contributed by atoms with Crippen LogP contribution in [0.15, 0.2) is 4.99 Å². The van der Waals surface area contributed by atoms with Crippen LogP contribution in [-0.4, -0.2) is 68.1 Å². The summed E-state index contributed by atoms with van der Waals surface area (Å²) in [5.74, 6) is 1.97. The second-order valence-corrected chi connectivity index (χ2v) is 6.20. The molecule has 2 N–H and O–H groups in total. The summed E-state index contributed by atoms with van der Waals surface area (Å²) in [5, 5.41) is 6.67. The Bertz CT molecular complexity index is 301. The lowest BCUT2D eigenvalue weighted by molar-refractivity contribution is 0.0744. The first-order valence-electron chi connectivity index (χ1n) is 7.70. The standard InChI is InChI=1S/C14H28F2N4S.HI/c1-3-17-14(18-7-4-10-21-2)19-12-5-8-20(9-6-12)11-13(15)16;/h12-13H,3-11H2,1-2H3,(H2,17,18,19);1H. The molecule has 0 radical (unpaired) electrons. The van der Waals surface area contributed by atoms with Gasteiger partial charge >= 0.3 is 0 Å². The Morgan fingerprint density at radius 1 is 1.36 bits per heavy atom. The van der Waals surface area contributed by atoms with Crippen molar-refractivity contribution in [1.82, 2.24) is 15.5 Å². The highest BCUT2D eigenvalue weighted by molar-refractivity contribution is 14.0. The van der Waals surface area contributed by atoms with Gasteiger partial charge in [0.2, 0.25) is 0 Å². The fourth-order valence-electron chi connectivity index (χ4n) is 2.37. The number of likely N-dealkylation sites (tertiary alicyclic amines) is 1. The van der Waals surface area contributed by atoms with Crippen molar-refractivity contribution in [2.45, 2.75) is 38.7 Å². The van der Waals surface area contributed by atoms with Crippen molar-refractivity contribution in [1.29, 1.82) is 0 Å². The summed E-state index contributed by atoms with van der Waals surface area (Å²) in [6, 6.07) is 0.331. The molecule has 1 rings (SSSR count). The quantitative estimate of drug-likeness (QED) is 0.258. The van der Waals surface area contributed by atoms with E-state index in [-0.39, 0.29) is 30.5 Å². The number of nitrogens with one attached hydrogen (secondary N) is 2. The Morgan fingerprint density at radius 2 is 2.05 bits per heavy atom. The highest BCUT2D eigenvalue weighted by Crippen LogP contribution is 2.11. The minimum absolute atomic E-state index is 0. The Balaban J connectivity index is 0.00000441. The maximum absolute atomic E-state index is 12.3. The third-order valence-electron chi connectivity index (χ3n) is 3.45. The maximum Gasteiger partial charge on any atom is 0.251 e. The van der Waals surface area contributed by atoms with Crippen LogP contribution in [-0.2, 0) is 0 Å². The van der Waals surface area contributed by atoms with Gasteiger partial charge in [0.1, 0.15) is 0 Å². The van der Waals surface area contributed by atoms with Crippen molar-refractivity contribution in [2.75, 3.05) is 44.7 Å². The molecule has 22 heavy (non-hydrogen) atoms. The molecule has 1 heterocycles. The summed E-state index contributed by atoms with van der Waals surface area (Å²) in [6.07, 6.45) is 2.72. The van der Waals surface area contributed by atoms with Gasteiger partial charge in [0.05, 0.1) is 6.54 Å². The lowest BCUT2D eigenvalue weighted by atomic mass is 10.1. The molecule has 0 atom stereocenters. The number of aliphatic imine (C=N–C) groups is 1. The van der Waals surface area contributed by atoms with E-state index < -0.39 is 6.43 Å². The average Bonchev–Trinajstić information content (AvgIpc) is 2.45. The fourth-order valence-corrected chi connectivity index (χ4v) is 2.79. The predicted molar refractivity (Wildman–Crippen MR) is 103 cm³/mol. The molecule has 0 aliphatic carbocycles. The average molecular weight is 450 g/mol. The largest absolute Gasteiger partial charge is 0.357 e. The molecule has 0 aromatic carbocycles. The van der Waals surface area contributed by atoms with Crippen molar-refractivity contribution < 1.29 is 8.78 Å². The van der Waals surface area contributed by atoms with Crippen LogP contribution in [0.3, 0.4) is 0 Å². The van der Waals surface area contributed by atoms with Crippen molar-refractivity contribution in [2.24, 2.45) is 4.99 Å². The third kappa shape index (κ3) is 10.0. The van der Waals surface area contributed by atoms with E-state index in [0.717, 1.165) is 57.2 Å². The summed E-state index contributed by atoms with van der Waals surface area (Å²) in [4.78, 5) is 6.40. The molecule has 8 heteroatoms. The lowest BCUT2D eigenvalue weighted by Crippen LogP contribution is -2.49. The molecule has 0 unspecified atom stereocenters. The van der Waals surface area contributed by atoms with E-state index in [1.54, 1.807) is 0 Å². The molecule has 0 saturated carbocycles. The molecular weight excluding hydrogens is 421 g/mol. The molecule has 0 aromatic rings. The number of nitrogens with zero attached hydrogens (tertiary/aromatic N) is 2. The van der Waals surface area contributed by atoms with Crippen molar-refractivity contribution in [3.05, 3.63) is 0 Å². The molecule has 1 fully saturated rings. The highest BCUT2D eigenvalue weighted by Gasteiger charge is 2.21. The van der Waals surface area contributed by atoms with Crippen LogP contribution in [0.5, 0.6) is 0 Å². The number of halogens is 3. The monoisotopic (exact) mass is 450 g/mol. The number of piperidine rings is 1. The number of alkyl halides is 2. The molecule has 132 valence electrons. The number of hydrogen-bond donors (Lipinski definition) is 2. The van der Waals surface area contributed by atoms with Crippen molar-refractivity contribution in [3.63, 3.8) is 0 Å². The van der Waals surface area contributed by atoms with Gasteiger partial charge in [-0.3, -0.25) is 9.89 Å². The molecule has 0 bridgehead atoms. The smallest absolute Gasteiger partial charge is 0.251 e. The number of hydrogen-bond acceptors (Lipinski definition) is 3. The van der Waals surface area contributed by atoms with Gasteiger partial charge in [0.25, 0.3) is 6.43 Å². The summed E-state index contributed by atoms with van der Waals surface area (Å²) in [7, 11) is 0. The third-order valence-corrected chi connectivity index (χ3v) is 4.14. The minimum Gasteiger partial charge on any atom is -0.357 e. The molecule has 0 aromatic heterocycles. The van der Waals surface area contributed by atoms with Crippen LogP contribution >= 0.6 is 35.7 Å². The Hall–Kier alpha value is 0.170. The summed E-state index contributed by atoms with van der Waals surface area (Å²) in [5.41, 5.74) is 0. The zero-order valence-corrected chi connectivity index (χ0v) is 16.6. The lowest BCUT2D eigenvalue weighted by Gasteiger charge is -2.32. The zero-order chi connectivity index (χ0) is 15.5. The van der Waals surface area contributed by atoms with Gasteiger partial charge in [-0.25, -0.2) is 8.78 Å². The molecule has 1 aliphatic heterocycles. The topological polar surface area (TPSA) is 39.7 Å². The van der Waals surface area contributed by atoms with E-state index in [2.05, 4.69) is 21.9 Å². The van der Waals surface area contributed by atoms with Gasteiger partial charge in [-0.1, -0.05) is 0 Å². The normalized spacial score (nSPS) is 17.4. The first-order chi connectivity index (χ1) is 10.2. The van der Waals surface area contributed by atoms with E-state index in [4.69, 9.17) is 0 Å². The van der Waals surface area contributed by atoms with Crippen LogP contribution in [0.1, 0.15) is 26.2 Å². The Kier molecular flexibility index (Phi) is 13.7. The van der Waals surface area contributed by atoms with Crippen LogP contribution in [0.25, 0.3) is 0 Å². The minimum atomic E-state index is -2.23. The van der Waals surface area contributed by atoms with Gasteiger partial charge < -0.3 is 10.6 Å². The summed E-state index contributed by atoms with van der Waals surface area (Å²) < 4.78 is 24.7. The number of rotatable bonds is 8. The zero-order valence-electron chi connectivity index (χ0n) is 13.5. The maximum atomic E-state index is 12.3. The second-order valence-electron chi connectivity index (χ2n) is 5.22. The Labute approximate surface area is 154 Å². The highest BCUT2D eigenvalue weighted by atomic mass is 127. The molecule has 0 spiro atoms. The van der Waals surface area contributed by atoms with Gasteiger partial charge in [-0.15, -0.1) is 24.0 Å². The van der Waals surface area contributed by atoms with Gasteiger partial charge in [-0.05, 0) is 38.2 Å². The first-order valence-corrected chi connectivity index (χ1v) is 9.09. The van der Waals surface area contributed by atoms with E-state index >= 15 is 0 Å². The Morgan fingerprint density at radius 3 is 2.59 bits per heavy atom. The SMILES string of the molecule is CCNC(=NCCCSC)NC1CCN(CC(F)F)CC1.I. The van der Waals surface area contributed by atoms with Gasteiger partial charge in [0.15, 0.2) is 5.96 Å². The molecule has 1 saturated heterocycles. The predicted octanol–water partition coefficient (Wildman–Crippen LogP) is 2.64.